The first-order valence-corrected chi connectivity index (χ1v) is 9.23. The van der Waals surface area contributed by atoms with E-state index in [0.717, 1.165) is 17.8 Å². The van der Waals surface area contributed by atoms with Gasteiger partial charge in [-0.25, -0.2) is 0 Å². The Labute approximate surface area is 185 Å². The molecule has 0 aliphatic rings. The van der Waals surface area contributed by atoms with E-state index >= 15 is 0 Å². The minimum atomic E-state index is -0.125. The van der Waals surface area contributed by atoms with E-state index < -0.39 is 0 Å². The van der Waals surface area contributed by atoms with Crippen LogP contribution in [0.3, 0.4) is 0 Å². The molecule has 0 atom stereocenters. The molecule has 29 heavy (non-hydrogen) atoms. The maximum absolute atomic E-state index is 10.0. The van der Waals surface area contributed by atoms with Gasteiger partial charge in [-0.15, -0.1) is 23.8 Å². The number of pyridine rings is 1. The van der Waals surface area contributed by atoms with Crippen molar-refractivity contribution in [3.8, 4) is 11.3 Å². The van der Waals surface area contributed by atoms with Crippen molar-refractivity contribution in [3.05, 3.63) is 78.7 Å². The molecule has 0 bridgehead atoms. The Kier molecular flexibility index (Phi) is 7.92. The van der Waals surface area contributed by atoms with Gasteiger partial charge < -0.3 is 14.7 Å². The number of hydrogen-bond donors (Lipinski definition) is 1. The monoisotopic (exact) mass is 566 g/mol. The number of aliphatic hydroxyl groups is 1. The molecule has 1 N–H and O–H groups in total. The number of carbonyl (C=O) groups excluding carboxylic acids is 1. The fraction of sp³-hybridized carbons (Fsp3) is 0.167. The van der Waals surface area contributed by atoms with E-state index in [2.05, 4.69) is 58.9 Å². The number of benzene rings is 2. The molecule has 2 aromatic heterocycles. The second-order valence-corrected chi connectivity index (χ2v) is 6.52. The van der Waals surface area contributed by atoms with Crippen molar-refractivity contribution in [2.24, 2.45) is 0 Å². The van der Waals surface area contributed by atoms with Crippen LogP contribution in [0.5, 0.6) is 0 Å². The van der Waals surface area contributed by atoms with Crippen LogP contribution in [0, 0.1) is 6.07 Å². The number of fused-ring (bicyclic) bond motifs is 3. The molecule has 4 nitrogen and oxygen atoms in total. The maximum Gasteiger partial charge on any atom is 0.155 e. The van der Waals surface area contributed by atoms with Crippen LogP contribution in [0.15, 0.2) is 72.6 Å². The van der Waals surface area contributed by atoms with Crippen molar-refractivity contribution in [2.45, 2.75) is 27.3 Å². The van der Waals surface area contributed by atoms with Crippen LogP contribution in [-0.2, 0) is 32.4 Å². The van der Waals surface area contributed by atoms with Crippen molar-refractivity contribution in [3.63, 3.8) is 0 Å². The van der Waals surface area contributed by atoms with Gasteiger partial charge in [0.1, 0.15) is 0 Å². The number of para-hydroxylation sites is 1. The zero-order chi connectivity index (χ0) is 20.1. The summed E-state index contributed by atoms with van der Waals surface area (Å²) in [5, 5.41) is 10.9. The molecule has 0 saturated carbocycles. The second kappa shape index (κ2) is 10.2. The molecule has 2 aromatic carbocycles. The third kappa shape index (κ3) is 5.21. The zero-order valence-corrected chi connectivity index (χ0v) is 18.9. The van der Waals surface area contributed by atoms with Gasteiger partial charge in [-0.05, 0) is 49.5 Å². The van der Waals surface area contributed by atoms with Crippen LogP contribution in [0.25, 0.3) is 33.1 Å². The first-order chi connectivity index (χ1) is 13.5. The summed E-state index contributed by atoms with van der Waals surface area (Å²) in [4.78, 5) is 14.4. The molecule has 0 radical (unpaired) electrons. The average Bonchev–Trinajstić information content (AvgIpc) is 3.01. The van der Waals surface area contributed by atoms with Crippen LogP contribution in [0.4, 0.5) is 0 Å². The van der Waals surface area contributed by atoms with Crippen molar-refractivity contribution in [1.29, 1.82) is 0 Å². The molecule has 0 aliphatic carbocycles. The topological polar surface area (TPSA) is 55.1 Å². The number of aliphatic hydroxyl groups excluding tert-OH is 1. The van der Waals surface area contributed by atoms with Gasteiger partial charge in [-0.1, -0.05) is 35.7 Å². The number of hydrogen-bond acceptors (Lipinski definition) is 3. The third-order valence-corrected chi connectivity index (χ3v) is 4.37. The molecule has 0 saturated heterocycles. The summed E-state index contributed by atoms with van der Waals surface area (Å²) in [7, 11) is 0. The van der Waals surface area contributed by atoms with Gasteiger partial charge >= 0.3 is 0 Å². The van der Waals surface area contributed by atoms with Gasteiger partial charge in [-0.2, -0.15) is 0 Å². The normalized spacial score (nSPS) is 10.9. The van der Waals surface area contributed by atoms with Crippen LogP contribution >= 0.6 is 0 Å². The molecule has 152 valence electrons. The van der Waals surface area contributed by atoms with Crippen LogP contribution in [-0.4, -0.2) is 20.4 Å². The number of aromatic nitrogens is 2. The van der Waals surface area contributed by atoms with Crippen molar-refractivity contribution < 1.29 is 31.0 Å². The van der Waals surface area contributed by atoms with E-state index in [1.54, 1.807) is 0 Å². The molecule has 5 heteroatoms. The predicted octanol–water partition coefficient (Wildman–Crippen LogP) is 5.71. The summed E-state index contributed by atoms with van der Waals surface area (Å²) in [5.74, 6) is -0.0625. The van der Waals surface area contributed by atoms with Crippen LogP contribution in [0.1, 0.15) is 20.8 Å². The molecule has 2 heterocycles. The van der Waals surface area contributed by atoms with E-state index in [1.807, 2.05) is 24.4 Å². The summed E-state index contributed by atoms with van der Waals surface area (Å²) in [5.41, 5.74) is 4.53. The summed E-state index contributed by atoms with van der Waals surface area (Å²) in [6.45, 7) is 5.99. The Bertz CT molecular complexity index is 1140. The Morgan fingerprint density at radius 2 is 1.83 bits per heavy atom. The predicted molar refractivity (Wildman–Crippen MR) is 114 cm³/mol. The number of ketones is 1. The van der Waals surface area contributed by atoms with E-state index in [1.165, 1.54) is 41.7 Å². The average molecular weight is 567 g/mol. The van der Waals surface area contributed by atoms with E-state index in [0.29, 0.717) is 0 Å². The van der Waals surface area contributed by atoms with Gasteiger partial charge in [0, 0.05) is 45.4 Å². The zero-order valence-electron chi connectivity index (χ0n) is 16.6. The van der Waals surface area contributed by atoms with Gasteiger partial charge in [0.2, 0.25) is 0 Å². The molecule has 0 spiro atoms. The van der Waals surface area contributed by atoms with E-state index in [9.17, 15) is 4.79 Å². The summed E-state index contributed by atoms with van der Waals surface area (Å²) in [6, 6.07) is 22.2. The molecular weight excluding hydrogens is 543 g/mol. The number of carbonyl (C=O) groups is 1. The smallest absolute Gasteiger partial charge is 0.155 e. The minimum Gasteiger partial charge on any atom is -0.512 e. The fourth-order valence-electron chi connectivity index (χ4n) is 3.29. The fourth-order valence-corrected chi connectivity index (χ4v) is 3.29. The summed E-state index contributed by atoms with van der Waals surface area (Å²) in [6.07, 6.45) is 2.99. The van der Waals surface area contributed by atoms with Crippen LogP contribution < -0.4 is 0 Å². The Morgan fingerprint density at radius 3 is 2.41 bits per heavy atom. The van der Waals surface area contributed by atoms with Crippen molar-refractivity contribution in [1.82, 2.24) is 9.55 Å². The first kappa shape index (κ1) is 22.6. The van der Waals surface area contributed by atoms with Crippen molar-refractivity contribution in [2.75, 3.05) is 0 Å². The largest absolute Gasteiger partial charge is 0.512 e. The Hall–Kier alpha value is -2.71. The van der Waals surface area contributed by atoms with Crippen LogP contribution in [0.2, 0.25) is 0 Å². The SMILES string of the molecule is CC(=O)/C=C(/C)O.CCn1c2ccccc2c2c[c-]c(-c3ccccn3)cc21.[Pt]. The summed E-state index contributed by atoms with van der Waals surface area (Å²) < 4.78 is 2.35. The summed E-state index contributed by atoms with van der Waals surface area (Å²) >= 11 is 0. The van der Waals surface area contributed by atoms with E-state index in [4.69, 9.17) is 5.11 Å². The third-order valence-electron chi connectivity index (χ3n) is 4.37. The van der Waals surface area contributed by atoms with Crippen molar-refractivity contribution >= 4 is 27.6 Å². The number of nitrogens with zero attached hydrogens (tertiary/aromatic N) is 2. The van der Waals surface area contributed by atoms with Gasteiger partial charge in [0.25, 0.3) is 0 Å². The number of allylic oxidation sites excluding steroid dienone is 2. The first-order valence-electron chi connectivity index (χ1n) is 9.23. The molecule has 0 unspecified atom stereocenters. The second-order valence-electron chi connectivity index (χ2n) is 6.52. The molecule has 0 aliphatic heterocycles. The standard InChI is InChI=1S/C19H15N2.C5H8O2.Pt/c1-2-21-18-9-4-3-7-15(18)16-11-10-14(13-19(16)21)17-8-5-6-12-20-17;1-4(6)3-5(2)7;/h3-9,11-13H,2H2,1H3;3,6H,1-2H3;/q-1;;/b;4-3-;. The maximum atomic E-state index is 10.0. The molecule has 4 aromatic rings. The van der Waals surface area contributed by atoms with E-state index in [-0.39, 0.29) is 32.6 Å². The van der Waals surface area contributed by atoms with Gasteiger partial charge in [0.15, 0.2) is 5.78 Å². The number of aryl methyl sites for hydroxylation is 1. The van der Waals surface area contributed by atoms with Gasteiger partial charge in [0.05, 0.1) is 5.76 Å². The number of rotatable bonds is 3. The molecule has 4 rings (SSSR count). The van der Waals surface area contributed by atoms with Gasteiger partial charge in [-0.3, -0.25) is 4.79 Å². The minimum absolute atomic E-state index is 0. The molecule has 0 amide bonds. The Morgan fingerprint density at radius 1 is 1.10 bits per heavy atom. The molecule has 0 fully saturated rings. The molecular formula is C24H23N2O2Pt-. The quantitative estimate of drug-likeness (QED) is 0.196. The Balaban J connectivity index is 0.000000327.